The minimum atomic E-state index is -1.76. The summed E-state index contributed by atoms with van der Waals surface area (Å²) >= 11 is 3.29. The second-order valence-corrected chi connectivity index (χ2v) is 16.1. The maximum absolute atomic E-state index is 14.6. The number of esters is 2. The number of aliphatic hydroxyl groups is 2. The normalized spacial score (nSPS) is 17.3. The highest BCUT2D eigenvalue weighted by atomic mass is 79.9. The number of ether oxygens (including phenoxy) is 4. The van der Waals surface area contributed by atoms with Crippen molar-refractivity contribution in [3.05, 3.63) is 93.0 Å². The Hall–Kier alpha value is -6.22. The number of hydrogen-bond acceptors (Lipinski definition) is 14. The van der Waals surface area contributed by atoms with Crippen molar-refractivity contribution in [2.24, 2.45) is 0 Å². The van der Waals surface area contributed by atoms with Crippen LogP contribution in [0, 0.1) is 35.8 Å². The number of nitrogens with zero attached hydrogens (tertiary/aromatic N) is 6. The molecule has 0 saturated carbocycles. The summed E-state index contributed by atoms with van der Waals surface area (Å²) in [5, 5.41) is 19.8. The molecule has 16 nitrogen and oxygen atoms in total. The molecule has 2 aromatic carbocycles. The molecule has 6 rings (SSSR count). The third-order valence-electron chi connectivity index (χ3n) is 10.3. The zero-order chi connectivity index (χ0) is 49.3. The summed E-state index contributed by atoms with van der Waals surface area (Å²) in [6, 6.07) is 8.53. The Kier molecular flexibility index (Phi) is 20.0. The van der Waals surface area contributed by atoms with Gasteiger partial charge in [0.1, 0.15) is 11.6 Å². The highest BCUT2D eigenvalue weighted by molar-refractivity contribution is 9.10. The fraction of sp³-hybridized carbons (Fsp3) is 0.417. The number of hydrogen-bond donors (Lipinski definition) is 2. The predicted molar refractivity (Wildman–Crippen MR) is 245 cm³/mol. The van der Waals surface area contributed by atoms with Crippen LogP contribution in [0.4, 0.5) is 8.78 Å². The Labute approximate surface area is 396 Å². The SMILES string of the molecule is C#C[C@]1(O)CCN(C)C1=O.CCOC(=O)c1nc(-c2cc(Br)ccc2F)ncc1CCCOC.CCOC(=O)c1nc(-c2cc(C#C[C@]3(O)CCN(C)C3=O)ccc2F)ncc1CCCOC. The standard InChI is InChI=1S/C24H26FN3O5.C17H18BrFN2O3.C7H9NO2/c1-4-33-22(29)20-17(6-5-13-32-3)15-26-21(27-20)18-14-16(7-8-19(18)25)9-10-24(31)11-12-28(2)23(24)30;1-3-24-17(22)15-11(5-4-8-23-2)10-20-16(21-15)13-9-12(18)6-7-14(13)19;1-3-7(10)4-5-8(2)6(7)9/h7-8,14-15,31H,4-6,11-13H2,1-3H3;6-7,9-10H,3-5,8H2,1-2H3;1,10H,4-5H2,2H3/t24-;;7-/m0.0/s1. The minimum Gasteiger partial charge on any atom is -0.461 e. The third-order valence-corrected chi connectivity index (χ3v) is 10.8. The van der Waals surface area contributed by atoms with E-state index in [1.165, 1.54) is 40.3 Å². The molecule has 356 valence electrons. The van der Waals surface area contributed by atoms with Crippen LogP contribution in [0.5, 0.6) is 0 Å². The quantitative estimate of drug-likeness (QED) is 0.0971. The van der Waals surface area contributed by atoms with Gasteiger partial charge in [-0.2, -0.15) is 0 Å². The molecule has 4 aromatic rings. The molecule has 2 fully saturated rings. The number of terminal acetylenes is 1. The number of carbonyl (C=O) groups excluding carboxylic acids is 4. The van der Waals surface area contributed by atoms with E-state index in [2.05, 4.69) is 53.6 Å². The molecule has 2 atom stereocenters. The van der Waals surface area contributed by atoms with E-state index in [4.69, 9.17) is 25.4 Å². The first-order chi connectivity index (χ1) is 31.9. The van der Waals surface area contributed by atoms with Crippen molar-refractivity contribution in [1.29, 1.82) is 0 Å². The molecule has 2 aromatic heterocycles. The van der Waals surface area contributed by atoms with E-state index in [0.29, 0.717) is 73.1 Å². The smallest absolute Gasteiger partial charge is 0.357 e. The molecule has 2 aliphatic rings. The number of aryl methyl sites for hydroxylation is 2. The number of methoxy groups -OCH3 is 2. The van der Waals surface area contributed by atoms with E-state index in [0.717, 1.165) is 6.42 Å². The molecule has 0 spiro atoms. The number of aromatic nitrogens is 4. The third kappa shape index (κ3) is 14.1. The van der Waals surface area contributed by atoms with Crippen LogP contribution in [-0.4, -0.2) is 143 Å². The van der Waals surface area contributed by atoms with Crippen molar-refractivity contribution in [2.45, 2.75) is 63.6 Å². The van der Waals surface area contributed by atoms with Gasteiger partial charge in [-0.05, 0) is 75.9 Å². The average molecular weight is 992 g/mol. The van der Waals surface area contributed by atoms with Gasteiger partial charge in [0.25, 0.3) is 11.8 Å². The molecule has 0 unspecified atom stereocenters. The Bertz CT molecular complexity index is 2530. The Balaban J connectivity index is 0.000000250. The second kappa shape index (κ2) is 25.1. The largest absolute Gasteiger partial charge is 0.461 e. The lowest BCUT2D eigenvalue weighted by Gasteiger charge is -2.13. The number of likely N-dealkylation sites (N-methyl/N-ethyl adjacent to an activating group) is 2. The van der Waals surface area contributed by atoms with Gasteiger partial charge in [0, 0.05) is 101 Å². The summed E-state index contributed by atoms with van der Waals surface area (Å²) in [6.45, 7) is 5.83. The van der Waals surface area contributed by atoms with Crippen LogP contribution in [0.25, 0.3) is 22.8 Å². The topological polar surface area (TPSA) is 204 Å². The van der Waals surface area contributed by atoms with E-state index in [1.807, 2.05) is 0 Å². The number of carbonyl (C=O) groups is 4. The van der Waals surface area contributed by atoms with Crippen molar-refractivity contribution in [2.75, 3.05) is 67.8 Å². The van der Waals surface area contributed by atoms with E-state index in [1.54, 1.807) is 60.5 Å². The molecule has 2 N–H and O–H groups in total. The first-order valence-corrected chi connectivity index (χ1v) is 22.0. The van der Waals surface area contributed by atoms with Gasteiger partial charge in [-0.15, -0.1) is 6.42 Å². The molecular formula is C48H53BrF2N6O10. The Morgan fingerprint density at radius 1 is 0.776 bits per heavy atom. The molecule has 0 bridgehead atoms. The van der Waals surface area contributed by atoms with Gasteiger partial charge in [-0.3, -0.25) is 9.59 Å². The van der Waals surface area contributed by atoms with E-state index in [9.17, 15) is 38.2 Å². The summed E-state index contributed by atoms with van der Waals surface area (Å²) < 4.78 is 49.6. The number of amides is 2. The maximum Gasteiger partial charge on any atom is 0.357 e. The molecule has 0 radical (unpaired) electrons. The lowest BCUT2D eigenvalue weighted by atomic mass is 10.0. The fourth-order valence-corrected chi connectivity index (χ4v) is 6.94. The van der Waals surface area contributed by atoms with Gasteiger partial charge in [-0.1, -0.05) is 33.7 Å². The summed E-state index contributed by atoms with van der Waals surface area (Å²) in [5.41, 5.74) is -1.18. The van der Waals surface area contributed by atoms with E-state index < -0.39 is 40.7 Å². The van der Waals surface area contributed by atoms with Crippen molar-refractivity contribution in [3.63, 3.8) is 0 Å². The van der Waals surface area contributed by atoms with Crippen LogP contribution in [0.15, 0.2) is 53.3 Å². The zero-order valence-electron chi connectivity index (χ0n) is 38.2. The first kappa shape index (κ1) is 53.4. The van der Waals surface area contributed by atoms with E-state index in [-0.39, 0.29) is 59.7 Å². The molecule has 4 heterocycles. The van der Waals surface area contributed by atoms with Crippen LogP contribution in [0.2, 0.25) is 0 Å². The summed E-state index contributed by atoms with van der Waals surface area (Å²) in [5.74, 6) is 4.54. The Morgan fingerprint density at radius 3 is 1.66 bits per heavy atom. The summed E-state index contributed by atoms with van der Waals surface area (Å²) in [7, 11) is 6.42. The lowest BCUT2D eigenvalue weighted by Crippen LogP contribution is -2.37. The molecule has 2 amide bonds. The van der Waals surface area contributed by atoms with Crippen molar-refractivity contribution < 1.29 is 57.1 Å². The average Bonchev–Trinajstić information content (AvgIpc) is 3.74. The highest BCUT2D eigenvalue weighted by Crippen LogP contribution is 2.27. The Morgan fingerprint density at radius 2 is 1.24 bits per heavy atom. The predicted octanol–water partition coefficient (Wildman–Crippen LogP) is 5.00. The van der Waals surface area contributed by atoms with Crippen LogP contribution in [0.1, 0.15) is 77.2 Å². The van der Waals surface area contributed by atoms with Gasteiger partial charge in [0.2, 0.25) is 11.2 Å². The van der Waals surface area contributed by atoms with Crippen molar-refractivity contribution >= 4 is 39.7 Å². The summed E-state index contributed by atoms with van der Waals surface area (Å²) in [6.07, 6.45) is 11.0. The fourth-order valence-electron chi connectivity index (χ4n) is 6.58. The lowest BCUT2D eigenvalue weighted by molar-refractivity contribution is -0.138. The number of likely N-dealkylation sites (tertiary alicyclic amines) is 2. The van der Waals surface area contributed by atoms with Crippen LogP contribution in [-0.2, 0) is 41.4 Å². The molecule has 67 heavy (non-hydrogen) atoms. The van der Waals surface area contributed by atoms with Crippen molar-refractivity contribution in [3.8, 4) is 47.0 Å². The second-order valence-electron chi connectivity index (χ2n) is 15.2. The van der Waals surface area contributed by atoms with Crippen LogP contribution >= 0.6 is 15.9 Å². The minimum absolute atomic E-state index is 0.00471. The number of rotatable bonds is 14. The maximum atomic E-state index is 14.6. The van der Waals surface area contributed by atoms with Gasteiger partial charge in [-0.25, -0.2) is 38.3 Å². The number of benzene rings is 2. The summed E-state index contributed by atoms with van der Waals surface area (Å²) in [4.78, 5) is 67.6. The first-order valence-electron chi connectivity index (χ1n) is 21.2. The zero-order valence-corrected chi connectivity index (χ0v) is 39.7. The molecule has 0 aliphatic carbocycles. The molecular weight excluding hydrogens is 938 g/mol. The number of halogens is 3. The van der Waals surface area contributed by atoms with Gasteiger partial charge in [0.15, 0.2) is 23.0 Å². The van der Waals surface area contributed by atoms with Crippen molar-refractivity contribution in [1.82, 2.24) is 29.7 Å². The molecule has 2 aliphatic heterocycles. The van der Waals surface area contributed by atoms with Gasteiger partial charge in [0.05, 0.1) is 24.3 Å². The highest BCUT2D eigenvalue weighted by Gasteiger charge is 2.43. The van der Waals surface area contributed by atoms with Crippen LogP contribution in [0.3, 0.4) is 0 Å². The van der Waals surface area contributed by atoms with Crippen LogP contribution < -0.4 is 0 Å². The molecule has 2 saturated heterocycles. The van der Waals surface area contributed by atoms with Gasteiger partial charge < -0.3 is 39.0 Å². The monoisotopic (exact) mass is 990 g/mol. The van der Waals surface area contributed by atoms with E-state index >= 15 is 0 Å². The van der Waals surface area contributed by atoms with Gasteiger partial charge >= 0.3 is 11.9 Å². The molecule has 19 heteroatoms.